The smallest absolute Gasteiger partial charge is 0.0620 e. The summed E-state index contributed by atoms with van der Waals surface area (Å²) in [6, 6.07) is 0. The van der Waals surface area contributed by atoms with Gasteiger partial charge in [-0.25, -0.2) is 0 Å². The van der Waals surface area contributed by atoms with Crippen LogP contribution in [-0.2, 0) is 0 Å². The van der Waals surface area contributed by atoms with Crippen molar-refractivity contribution in [1.82, 2.24) is 0 Å². The molecule has 2 atom stereocenters. The maximum atomic E-state index is 9.25. The monoisotopic (exact) mass is 156 g/mol. The second kappa shape index (κ2) is 3.26. The first-order valence-corrected chi connectivity index (χ1v) is 4.58. The van der Waals surface area contributed by atoms with Crippen LogP contribution >= 0.6 is 11.8 Å². The summed E-state index contributed by atoms with van der Waals surface area (Å²) in [4.78, 5) is 1.26. The van der Waals surface area contributed by atoms with E-state index in [1.165, 1.54) is 4.91 Å². The van der Waals surface area contributed by atoms with Gasteiger partial charge in [-0.15, -0.1) is 11.8 Å². The van der Waals surface area contributed by atoms with E-state index in [9.17, 15) is 5.11 Å². The number of thioether (sulfide) groups is 1. The minimum atomic E-state index is -0.252. The summed E-state index contributed by atoms with van der Waals surface area (Å²) in [7, 11) is 0. The molecule has 1 aliphatic carbocycles. The minimum Gasteiger partial charge on any atom is -0.392 e. The molecule has 0 radical (unpaired) electrons. The quantitative estimate of drug-likeness (QED) is 0.658. The third kappa shape index (κ3) is 1.44. The summed E-state index contributed by atoms with van der Waals surface area (Å²) in [6.45, 7) is 1.82. The number of allylic oxidation sites excluding steroid dienone is 2. The highest BCUT2D eigenvalue weighted by Gasteiger charge is 2.18. The van der Waals surface area contributed by atoms with Gasteiger partial charge in [-0.3, -0.25) is 0 Å². The molecule has 0 aliphatic heterocycles. The molecule has 0 fully saturated rings. The van der Waals surface area contributed by atoms with Gasteiger partial charge in [0, 0.05) is 5.92 Å². The lowest BCUT2D eigenvalue weighted by Crippen LogP contribution is -2.13. The van der Waals surface area contributed by atoms with E-state index in [1.807, 2.05) is 25.3 Å². The lowest BCUT2D eigenvalue weighted by Gasteiger charge is -2.13. The lowest BCUT2D eigenvalue weighted by atomic mass is 10.1. The van der Waals surface area contributed by atoms with Crippen molar-refractivity contribution in [1.29, 1.82) is 0 Å². The van der Waals surface area contributed by atoms with Gasteiger partial charge in [0.15, 0.2) is 0 Å². The van der Waals surface area contributed by atoms with Gasteiger partial charge in [-0.2, -0.15) is 0 Å². The Hall–Kier alpha value is -0.210. The molecule has 2 heteroatoms. The van der Waals surface area contributed by atoms with Gasteiger partial charge in [0.25, 0.3) is 0 Å². The first kappa shape index (κ1) is 7.89. The molecule has 10 heavy (non-hydrogen) atoms. The Morgan fingerprint density at radius 2 is 2.40 bits per heavy atom. The normalized spacial score (nSPS) is 26.7. The molecule has 1 rings (SSSR count). The third-order valence-corrected chi connectivity index (χ3v) is 2.54. The Morgan fingerprint density at radius 3 is 2.80 bits per heavy atom. The standard InChI is InChI=1S/C8H12OS/c1-6(9)7-4-3-5-8(7)10-2/h3-7,9H,1-2H3/t6-,7?/m0/s1. The molecule has 0 aromatic heterocycles. The van der Waals surface area contributed by atoms with E-state index in [0.717, 1.165) is 0 Å². The minimum absolute atomic E-state index is 0.245. The third-order valence-electron chi connectivity index (χ3n) is 1.66. The molecular formula is C8H12OS. The first-order valence-electron chi connectivity index (χ1n) is 3.36. The molecule has 0 saturated heterocycles. The Bertz CT molecular complexity index is 170. The Kier molecular flexibility index (Phi) is 2.57. The molecule has 0 bridgehead atoms. The van der Waals surface area contributed by atoms with Crippen molar-refractivity contribution in [2.24, 2.45) is 5.92 Å². The van der Waals surface area contributed by atoms with Crippen molar-refractivity contribution in [2.45, 2.75) is 13.0 Å². The summed E-state index contributed by atoms with van der Waals surface area (Å²) in [5.74, 6) is 0.245. The van der Waals surface area contributed by atoms with E-state index in [0.29, 0.717) is 0 Å². The van der Waals surface area contributed by atoms with E-state index in [2.05, 4.69) is 6.08 Å². The van der Waals surface area contributed by atoms with E-state index in [4.69, 9.17) is 0 Å². The van der Waals surface area contributed by atoms with Gasteiger partial charge >= 0.3 is 0 Å². The van der Waals surface area contributed by atoms with Gasteiger partial charge in [-0.05, 0) is 18.1 Å². The SMILES string of the molecule is CSC1=CC=CC1[C@H](C)O. The predicted molar refractivity (Wildman–Crippen MR) is 45.9 cm³/mol. The van der Waals surface area contributed by atoms with Crippen molar-refractivity contribution in [2.75, 3.05) is 6.26 Å². The van der Waals surface area contributed by atoms with Crippen molar-refractivity contribution in [3.8, 4) is 0 Å². The number of rotatable bonds is 2. The Labute approximate surface area is 65.8 Å². The van der Waals surface area contributed by atoms with Crippen LogP contribution in [0.4, 0.5) is 0 Å². The van der Waals surface area contributed by atoms with Crippen LogP contribution in [0.1, 0.15) is 6.92 Å². The second-order valence-corrected chi connectivity index (χ2v) is 3.30. The number of hydrogen-bond acceptors (Lipinski definition) is 2. The molecule has 0 aromatic carbocycles. The molecule has 1 unspecified atom stereocenters. The van der Waals surface area contributed by atoms with Gasteiger partial charge in [0.1, 0.15) is 0 Å². The van der Waals surface area contributed by atoms with Gasteiger partial charge in [0.05, 0.1) is 6.10 Å². The zero-order valence-electron chi connectivity index (χ0n) is 6.24. The highest BCUT2D eigenvalue weighted by Crippen LogP contribution is 2.30. The average Bonchev–Trinajstić information content (AvgIpc) is 2.33. The molecule has 0 amide bonds. The number of aliphatic hydroxyl groups is 1. The van der Waals surface area contributed by atoms with Gasteiger partial charge in [-0.1, -0.05) is 18.2 Å². The fraction of sp³-hybridized carbons (Fsp3) is 0.500. The molecule has 1 aliphatic rings. The van der Waals surface area contributed by atoms with Crippen LogP contribution in [0.5, 0.6) is 0 Å². The Morgan fingerprint density at radius 1 is 1.70 bits per heavy atom. The van der Waals surface area contributed by atoms with Gasteiger partial charge < -0.3 is 5.11 Å². The maximum Gasteiger partial charge on any atom is 0.0620 e. The van der Waals surface area contributed by atoms with E-state index >= 15 is 0 Å². The van der Waals surface area contributed by atoms with Gasteiger partial charge in [0.2, 0.25) is 0 Å². The van der Waals surface area contributed by atoms with Crippen LogP contribution in [0.25, 0.3) is 0 Å². The van der Waals surface area contributed by atoms with Crippen LogP contribution in [0.15, 0.2) is 23.1 Å². The lowest BCUT2D eigenvalue weighted by molar-refractivity contribution is 0.168. The molecule has 56 valence electrons. The van der Waals surface area contributed by atoms with Crippen molar-refractivity contribution < 1.29 is 5.11 Å². The zero-order valence-corrected chi connectivity index (χ0v) is 7.06. The van der Waals surface area contributed by atoms with Crippen molar-refractivity contribution in [3.63, 3.8) is 0 Å². The van der Waals surface area contributed by atoms with Crippen molar-refractivity contribution in [3.05, 3.63) is 23.1 Å². The molecular weight excluding hydrogens is 144 g/mol. The summed E-state index contributed by atoms with van der Waals surface area (Å²) in [6.07, 6.45) is 7.88. The summed E-state index contributed by atoms with van der Waals surface area (Å²) < 4.78 is 0. The van der Waals surface area contributed by atoms with Crippen LogP contribution < -0.4 is 0 Å². The van der Waals surface area contributed by atoms with Crippen LogP contribution in [0.2, 0.25) is 0 Å². The molecule has 1 N–H and O–H groups in total. The molecule has 0 spiro atoms. The molecule has 0 saturated carbocycles. The molecule has 0 heterocycles. The predicted octanol–water partition coefficient (Wildman–Crippen LogP) is 1.80. The van der Waals surface area contributed by atoms with Crippen LogP contribution in [-0.4, -0.2) is 17.5 Å². The largest absolute Gasteiger partial charge is 0.392 e. The highest BCUT2D eigenvalue weighted by atomic mass is 32.2. The maximum absolute atomic E-state index is 9.25. The number of aliphatic hydroxyl groups excluding tert-OH is 1. The first-order chi connectivity index (χ1) is 4.75. The highest BCUT2D eigenvalue weighted by molar-refractivity contribution is 8.02. The fourth-order valence-corrected chi connectivity index (χ4v) is 1.84. The number of hydrogen-bond donors (Lipinski definition) is 1. The summed E-state index contributed by atoms with van der Waals surface area (Å²) in [5.41, 5.74) is 0. The van der Waals surface area contributed by atoms with Crippen molar-refractivity contribution >= 4 is 11.8 Å². The Balaban J connectivity index is 2.62. The average molecular weight is 156 g/mol. The fourth-order valence-electron chi connectivity index (χ4n) is 1.08. The summed E-state index contributed by atoms with van der Waals surface area (Å²) >= 11 is 1.71. The van der Waals surface area contributed by atoms with Crippen LogP contribution in [0, 0.1) is 5.92 Å². The molecule has 1 nitrogen and oxygen atoms in total. The molecule has 0 aromatic rings. The summed E-state index contributed by atoms with van der Waals surface area (Å²) in [5, 5.41) is 9.25. The second-order valence-electron chi connectivity index (χ2n) is 2.42. The van der Waals surface area contributed by atoms with Crippen LogP contribution in [0.3, 0.4) is 0 Å². The topological polar surface area (TPSA) is 20.2 Å². The van der Waals surface area contributed by atoms with E-state index < -0.39 is 0 Å². The van der Waals surface area contributed by atoms with E-state index in [-0.39, 0.29) is 12.0 Å². The zero-order chi connectivity index (χ0) is 7.56. The van der Waals surface area contributed by atoms with E-state index in [1.54, 1.807) is 11.8 Å².